The zero-order valence-corrected chi connectivity index (χ0v) is 10.3. The zero-order chi connectivity index (χ0) is 12.6. The summed E-state index contributed by atoms with van der Waals surface area (Å²) in [5.74, 6) is 0.222. The predicted octanol–water partition coefficient (Wildman–Crippen LogP) is 0.574. The number of hydrogen-bond acceptors (Lipinski definition) is 5. The summed E-state index contributed by atoms with van der Waals surface area (Å²) in [6, 6.07) is 1.70. The standard InChI is InChI=1S/C12H18N4O2/c17-11(16-12-14-5-1-6-15-12)4-9-18-10-2-7-13-8-3-10/h1,5-6,10,13H,2-4,7-9H2,(H,14,15,16,17). The van der Waals surface area contributed by atoms with E-state index in [-0.39, 0.29) is 12.0 Å². The number of anilines is 1. The van der Waals surface area contributed by atoms with Crippen molar-refractivity contribution < 1.29 is 9.53 Å². The molecule has 0 radical (unpaired) electrons. The number of carbonyl (C=O) groups is 1. The molecule has 1 amide bonds. The van der Waals surface area contributed by atoms with Gasteiger partial charge in [0.05, 0.1) is 19.1 Å². The minimum absolute atomic E-state index is 0.116. The quantitative estimate of drug-likeness (QED) is 0.799. The molecule has 0 unspecified atom stereocenters. The van der Waals surface area contributed by atoms with Gasteiger partial charge in [0, 0.05) is 12.4 Å². The van der Waals surface area contributed by atoms with E-state index >= 15 is 0 Å². The normalized spacial score (nSPS) is 16.4. The molecule has 2 rings (SSSR count). The molecule has 6 nitrogen and oxygen atoms in total. The number of aromatic nitrogens is 2. The van der Waals surface area contributed by atoms with Gasteiger partial charge in [-0.05, 0) is 32.0 Å². The Labute approximate surface area is 106 Å². The first-order valence-corrected chi connectivity index (χ1v) is 6.24. The van der Waals surface area contributed by atoms with Gasteiger partial charge in [0.1, 0.15) is 0 Å². The molecule has 2 N–H and O–H groups in total. The highest BCUT2D eigenvalue weighted by atomic mass is 16.5. The molecule has 1 aromatic rings. The fourth-order valence-electron chi connectivity index (χ4n) is 1.83. The maximum atomic E-state index is 11.6. The molecular formula is C12H18N4O2. The lowest BCUT2D eigenvalue weighted by Crippen LogP contribution is -2.33. The maximum Gasteiger partial charge on any atom is 0.229 e. The van der Waals surface area contributed by atoms with Crippen LogP contribution in [0.2, 0.25) is 0 Å². The van der Waals surface area contributed by atoms with E-state index in [4.69, 9.17) is 4.74 Å². The molecule has 2 heterocycles. The van der Waals surface area contributed by atoms with Crippen molar-refractivity contribution in [3.05, 3.63) is 18.5 Å². The zero-order valence-electron chi connectivity index (χ0n) is 10.3. The summed E-state index contributed by atoms with van der Waals surface area (Å²) < 4.78 is 5.65. The third kappa shape index (κ3) is 4.38. The minimum Gasteiger partial charge on any atom is -0.378 e. The first kappa shape index (κ1) is 12.9. The lowest BCUT2D eigenvalue weighted by Gasteiger charge is -2.22. The number of amides is 1. The van der Waals surface area contributed by atoms with E-state index in [1.807, 2.05) is 0 Å². The van der Waals surface area contributed by atoms with E-state index in [2.05, 4.69) is 20.6 Å². The molecule has 1 aliphatic rings. The molecule has 0 saturated carbocycles. The van der Waals surface area contributed by atoms with Crippen molar-refractivity contribution in [1.29, 1.82) is 0 Å². The van der Waals surface area contributed by atoms with E-state index in [1.165, 1.54) is 0 Å². The average Bonchev–Trinajstić information content (AvgIpc) is 2.41. The van der Waals surface area contributed by atoms with Crippen molar-refractivity contribution in [2.75, 3.05) is 25.0 Å². The molecule has 98 valence electrons. The van der Waals surface area contributed by atoms with Crippen molar-refractivity contribution in [3.63, 3.8) is 0 Å². The lowest BCUT2D eigenvalue weighted by molar-refractivity contribution is -0.117. The molecule has 1 fully saturated rings. The molecule has 18 heavy (non-hydrogen) atoms. The Balaban J connectivity index is 1.62. The third-order valence-corrected chi connectivity index (χ3v) is 2.79. The van der Waals surface area contributed by atoms with Crippen LogP contribution in [0.5, 0.6) is 0 Å². The van der Waals surface area contributed by atoms with Gasteiger partial charge in [0.25, 0.3) is 0 Å². The summed E-state index contributed by atoms with van der Waals surface area (Å²) in [6.45, 7) is 2.44. The molecule has 6 heteroatoms. The van der Waals surface area contributed by atoms with Crippen molar-refractivity contribution >= 4 is 11.9 Å². The minimum atomic E-state index is -0.116. The van der Waals surface area contributed by atoms with Gasteiger partial charge in [0.15, 0.2) is 0 Å². The van der Waals surface area contributed by atoms with Crippen LogP contribution in [0.15, 0.2) is 18.5 Å². The fraction of sp³-hybridized carbons (Fsp3) is 0.583. The SMILES string of the molecule is O=C(CCOC1CCNCC1)Nc1ncccn1. The van der Waals surface area contributed by atoms with E-state index in [9.17, 15) is 4.79 Å². The Hall–Kier alpha value is -1.53. The van der Waals surface area contributed by atoms with Crippen LogP contribution in [0.25, 0.3) is 0 Å². The highest BCUT2D eigenvalue weighted by Gasteiger charge is 2.13. The first-order chi connectivity index (χ1) is 8.84. The van der Waals surface area contributed by atoms with E-state index in [0.29, 0.717) is 19.0 Å². The molecule has 0 bridgehead atoms. The van der Waals surface area contributed by atoms with Crippen molar-refractivity contribution in [1.82, 2.24) is 15.3 Å². The number of piperidine rings is 1. The van der Waals surface area contributed by atoms with Gasteiger partial charge in [0.2, 0.25) is 11.9 Å². The van der Waals surface area contributed by atoms with Crippen molar-refractivity contribution in [2.24, 2.45) is 0 Å². The second-order valence-electron chi connectivity index (χ2n) is 4.19. The van der Waals surface area contributed by atoms with Gasteiger partial charge in [-0.3, -0.25) is 10.1 Å². The molecular weight excluding hydrogens is 232 g/mol. The van der Waals surface area contributed by atoms with Crippen LogP contribution in [0.4, 0.5) is 5.95 Å². The van der Waals surface area contributed by atoms with Crippen LogP contribution in [0.1, 0.15) is 19.3 Å². The number of nitrogens with one attached hydrogen (secondary N) is 2. The van der Waals surface area contributed by atoms with Gasteiger partial charge < -0.3 is 10.1 Å². The Morgan fingerprint density at radius 2 is 2.11 bits per heavy atom. The topological polar surface area (TPSA) is 76.1 Å². The highest BCUT2D eigenvalue weighted by molar-refractivity contribution is 5.88. The molecule has 1 aromatic heterocycles. The van der Waals surface area contributed by atoms with Crippen LogP contribution >= 0.6 is 0 Å². The van der Waals surface area contributed by atoms with Crippen LogP contribution in [-0.4, -0.2) is 41.7 Å². The Morgan fingerprint density at radius 3 is 2.83 bits per heavy atom. The van der Waals surface area contributed by atoms with Crippen molar-refractivity contribution in [3.8, 4) is 0 Å². The largest absolute Gasteiger partial charge is 0.378 e. The molecule has 1 saturated heterocycles. The lowest BCUT2D eigenvalue weighted by atomic mass is 10.1. The molecule has 0 aromatic carbocycles. The molecule has 0 aliphatic carbocycles. The third-order valence-electron chi connectivity index (χ3n) is 2.79. The van der Waals surface area contributed by atoms with E-state index in [0.717, 1.165) is 25.9 Å². The van der Waals surface area contributed by atoms with Crippen LogP contribution in [0, 0.1) is 0 Å². The smallest absolute Gasteiger partial charge is 0.229 e. The van der Waals surface area contributed by atoms with Gasteiger partial charge in [-0.2, -0.15) is 0 Å². The predicted molar refractivity (Wildman–Crippen MR) is 67.1 cm³/mol. The highest BCUT2D eigenvalue weighted by Crippen LogP contribution is 2.07. The molecule has 0 spiro atoms. The first-order valence-electron chi connectivity index (χ1n) is 6.24. The maximum absolute atomic E-state index is 11.6. The monoisotopic (exact) mass is 250 g/mol. The number of nitrogens with zero attached hydrogens (tertiary/aromatic N) is 2. The van der Waals surface area contributed by atoms with Crippen LogP contribution < -0.4 is 10.6 Å². The number of hydrogen-bond donors (Lipinski definition) is 2. The van der Waals surface area contributed by atoms with Gasteiger partial charge >= 0.3 is 0 Å². The number of rotatable bonds is 5. The summed E-state index contributed by atoms with van der Waals surface area (Å²) in [4.78, 5) is 19.4. The van der Waals surface area contributed by atoms with Crippen LogP contribution in [-0.2, 0) is 9.53 Å². The average molecular weight is 250 g/mol. The second kappa shape index (κ2) is 7.03. The summed E-state index contributed by atoms with van der Waals surface area (Å²) >= 11 is 0. The van der Waals surface area contributed by atoms with Gasteiger partial charge in [-0.15, -0.1) is 0 Å². The Morgan fingerprint density at radius 1 is 1.39 bits per heavy atom. The number of ether oxygens (including phenoxy) is 1. The Kier molecular flexibility index (Phi) is 5.04. The summed E-state index contributed by atoms with van der Waals surface area (Å²) in [5.41, 5.74) is 0. The van der Waals surface area contributed by atoms with Gasteiger partial charge in [-0.1, -0.05) is 0 Å². The summed E-state index contributed by atoms with van der Waals surface area (Å²) in [7, 11) is 0. The Bertz CT molecular complexity index is 366. The fourth-order valence-corrected chi connectivity index (χ4v) is 1.83. The number of carbonyl (C=O) groups excluding carboxylic acids is 1. The van der Waals surface area contributed by atoms with Crippen LogP contribution in [0.3, 0.4) is 0 Å². The molecule has 1 aliphatic heterocycles. The van der Waals surface area contributed by atoms with E-state index < -0.39 is 0 Å². The van der Waals surface area contributed by atoms with Crippen molar-refractivity contribution in [2.45, 2.75) is 25.4 Å². The molecule has 0 atom stereocenters. The van der Waals surface area contributed by atoms with E-state index in [1.54, 1.807) is 18.5 Å². The summed E-state index contributed by atoms with van der Waals surface area (Å²) in [6.07, 6.45) is 5.84. The second-order valence-corrected chi connectivity index (χ2v) is 4.19. The summed E-state index contributed by atoms with van der Waals surface area (Å²) in [5, 5.41) is 5.90. The van der Waals surface area contributed by atoms with Gasteiger partial charge in [-0.25, -0.2) is 9.97 Å².